The van der Waals surface area contributed by atoms with E-state index in [0.29, 0.717) is 31.6 Å². The minimum absolute atomic E-state index is 0.142. The molecule has 2 nitrogen and oxygen atoms in total. The molecule has 1 atom stereocenters. The van der Waals surface area contributed by atoms with Crippen LogP contribution >= 0.6 is 0 Å². The van der Waals surface area contributed by atoms with Gasteiger partial charge < -0.3 is 9.47 Å². The maximum atomic E-state index is 14.8. The summed E-state index contributed by atoms with van der Waals surface area (Å²) in [5.74, 6) is -0.647. The van der Waals surface area contributed by atoms with Crippen LogP contribution in [0.5, 0.6) is 0 Å². The fourth-order valence-corrected chi connectivity index (χ4v) is 3.01. The summed E-state index contributed by atoms with van der Waals surface area (Å²) in [6.07, 6.45) is -0.438. The molecule has 1 saturated carbocycles. The Bertz CT molecular complexity index is 419. The van der Waals surface area contributed by atoms with Gasteiger partial charge in [-0.1, -0.05) is 30.3 Å². The lowest BCUT2D eigenvalue weighted by Gasteiger charge is -2.40. The van der Waals surface area contributed by atoms with Crippen LogP contribution in [0.2, 0.25) is 0 Å². The third-order valence-corrected chi connectivity index (χ3v) is 4.20. The van der Waals surface area contributed by atoms with Crippen molar-refractivity contribution in [2.24, 2.45) is 0 Å². The summed E-state index contributed by atoms with van der Waals surface area (Å²) in [4.78, 5) is 0. The van der Waals surface area contributed by atoms with Crippen LogP contribution in [0.3, 0.4) is 0 Å². The number of rotatable bonds is 2. The zero-order valence-corrected chi connectivity index (χ0v) is 10.8. The molecule has 4 heteroatoms. The van der Waals surface area contributed by atoms with Crippen LogP contribution in [0, 0.1) is 0 Å². The molecule has 1 heterocycles. The number of hydrogen-bond donors (Lipinski definition) is 0. The van der Waals surface area contributed by atoms with Gasteiger partial charge in [0.15, 0.2) is 12.0 Å². The van der Waals surface area contributed by atoms with Gasteiger partial charge in [-0.25, -0.2) is 8.78 Å². The second-order valence-electron chi connectivity index (χ2n) is 5.42. The van der Waals surface area contributed by atoms with Gasteiger partial charge in [0, 0.05) is 12.8 Å². The largest absolute Gasteiger partial charge is 0.348 e. The van der Waals surface area contributed by atoms with Crippen LogP contribution in [0.4, 0.5) is 8.78 Å². The highest BCUT2D eigenvalue weighted by molar-refractivity contribution is 5.21. The summed E-state index contributed by atoms with van der Waals surface area (Å²) < 4.78 is 40.3. The maximum Gasteiger partial charge on any atom is 0.168 e. The number of hydrogen-bond acceptors (Lipinski definition) is 2. The smallest absolute Gasteiger partial charge is 0.168 e. The third kappa shape index (κ3) is 2.39. The summed E-state index contributed by atoms with van der Waals surface area (Å²) in [5, 5.41) is 0. The molecule has 3 rings (SSSR count). The Kier molecular flexibility index (Phi) is 3.31. The first-order valence-corrected chi connectivity index (χ1v) is 6.80. The van der Waals surface area contributed by atoms with E-state index in [1.807, 2.05) is 0 Å². The SMILES string of the molecule is FC(c1ccccc1)C1(F)CCC2(CC1)OCCO2. The summed E-state index contributed by atoms with van der Waals surface area (Å²) in [6, 6.07) is 8.55. The van der Waals surface area contributed by atoms with E-state index in [9.17, 15) is 8.78 Å². The van der Waals surface area contributed by atoms with Gasteiger partial charge >= 0.3 is 0 Å². The Morgan fingerprint density at radius 1 is 0.947 bits per heavy atom. The van der Waals surface area contributed by atoms with E-state index >= 15 is 0 Å². The lowest BCUT2D eigenvalue weighted by Crippen LogP contribution is -2.43. The van der Waals surface area contributed by atoms with Crippen molar-refractivity contribution in [1.82, 2.24) is 0 Å². The van der Waals surface area contributed by atoms with Gasteiger partial charge in [0.1, 0.15) is 5.67 Å². The van der Waals surface area contributed by atoms with E-state index < -0.39 is 17.6 Å². The molecule has 0 bridgehead atoms. The van der Waals surface area contributed by atoms with E-state index in [0.717, 1.165) is 0 Å². The fourth-order valence-electron chi connectivity index (χ4n) is 3.01. The number of benzene rings is 1. The highest BCUT2D eigenvalue weighted by Crippen LogP contribution is 2.48. The molecular weight excluding hydrogens is 250 g/mol. The van der Waals surface area contributed by atoms with Crippen LogP contribution in [-0.4, -0.2) is 24.7 Å². The second-order valence-corrected chi connectivity index (χ2v) is 5.42. The van der Waals surface area contributed by atoms with Gasteiger partial charge in [0.05, 0.1) is 13.2 Å². The predicted molar refractivity (Wildman–Crippen MR) is 67.2 cm³/mol. The molecule has 1 aromatic carbocycles. The summed E-state index contributed by atoms with van der Waals surface area (Å²) in [5.41, 5.74) is -1.39. The molecule has 1 spiro atoms. The Labute approximate surface area is 111 Å². The van der Waals surface area contributed by atoms with E-state index in [2.05, 4.69) is 0 Å². The average molecular weight is 268 g/mol. The van der Waals surface area contributed by atoms with Crippen molar-refractivity contribution in [3.05, 3.63) is 35.9 Å². The Balaban J connectivity index is 1.71. The summed E-state index contributed by atoms with van der Waals surface area (Å²) in [6.45, 7) is 1.11. The molecule has 1 aliphatic carbocycles. The van der Waals surface area contributed by atoms with E-state index in [-0.39, 0.29) is 12.8 Å². The van der Waals surface area contributed by atoms with Gasteiger partial charge in [0.2, 0.25) is 0 Å². The number of alkyl halides is 2. The lowest BCUT2D eigenvalue weighted by molar-refractivity contribution is -0.199. The molecule has 1 saturated heterocycles. The van der Waals surface area contributed by atoms with Gasteiger partial charge in [-0.15, -0.1) is 0 Å². The van der Waals surface area contributed by atoms with Crippen molar-refractivity contribution in [3.63, 3.8) is 0 Å². The first-order chi connectivity index (χ1) is 9.14. The zero-order valence-electron chi connectivity index (χ0n) is 10.8. The van der Waals surface area contributed by atoms with Crippen molar-refractivity contribution in [2.75, 3.05) is 13.2 Å². The average Bonchev–Trinajstić information content (AvgIpc) is 2.92. The molecule has 2 aliphatic rings. The number of ether oxygens (including phenoxy) is 2. The Morgan fingerprint density at radius 3 is 2.11 bits per heavy atom. The Morgan fingerprint density at radius 2 is 1.53 bits per heavy atom. The normalized spacial score (nSPS) is 26.4. The molecule has 1 unspecified atom stereocenters. The van der Waals surface area contributed by atoms with Crippen molar-refractivity contribution in [3.8, 4) is 0 Å². The number of halogens is 2. The second kappa shape index (κ2) is 4.84. The van der Waals surface area contributed by atoms with E-state index in [1.165, 1.54) is 0 Å². The minimum Gasteiger partial charge on any atom is -0.348 e. The molecule has 1 aliphatic heterocycles. The first kappa shape index (κ1) is 13.0. The van der Waals surface area contributed by atoms with Crippen molar-refractivity contribution < 1.29 is 18.3 Å². The summed E-state index contributed by atoms with van der Waals surface area (Å²) >= 11 is 0. The molecule has 1 aromatic rings. The lowest BCUT2D eigenvalue weighted by atomic mass is 9.78. The zero-order chi connectivity index (χ0) is 13.3. The van der Waals surface area contributed by atoms with Crippen LogP contribution < -0.4 is 0 Å². The van der Waals surface area contributed by atoms with Crippen LogP contribution in [0.15, 0.2) is 30.3 Å². The molecular formula is C15H18F2O2. The van der Waals surface area contributed by atoms with E-state index in [4.69, 9.17) is 9.47 Å². The van der Waals surface area contributed by atoms with Crippen LogP contribution in [0.1, 0.15) is 37.4 Å². The monoisotopic (exact) mass is 268 g/mol. The summed E-state index contributed by atoms with van der Waals surface area (Å²) in [7, 11) is 0. The van der Waals surface area contributed by atoms with Gasteiger partial charge in [-0.05, 0) is 18.4 Å². The van der Waals surface area contributed by atoms with Crippen molar-refractivity contribution >= 4 is 0 Å². The molecule has 0 aromatic heterocycles. The van der Waals surface area contributed by atoms with Crippen LogP contribution in [-0.2, 0) is 9.47 Å². The van der Waals surface area contributed by atoms with Crippen molar-refractivity contribution in [1.29, 1.82) is 0 Å². The third-order valence-electron chi connectivity index (χ3n) is 4.20. The quantitative estimate of drug-likeness (QED) is 0.813. The molecule has 0 radical (unpaired) electrons. The predicted octanol–water partition coefficient (Wildman–Crippen LogP) is 3.72. The first-order valence-electron chi connectivity index (χ1n) is 6.80. The minimum atomic E-state index is -1.80. The van der Waals surface area contributed by atoms with Gasteiger partial charge in [-0.3, -0.25) is 0 Å². The molecule has 104 valence electrons. The van der Waals surface area contributed by atoms with Gasteiger partial charge in [-0.2, -0.15) is 0 Å². The Hall–Kier alpha value is -1.00. The van der Waals surface area contributed by atoms with Crippen molar-refractivity contribution in [2.45, 2.75) is 43.3 Å². The molecule has 2 fully saturated rings. The van der Waals surface area contributed by atoms with Gasteiger partial charge in [0.25, 0.3) is 0 Å². The molecule has 0 N–H and O–H groups in total. The van der Waals surface area contributed by atoms with Crippen LogP contribution in [0.25, 0.3) is 0 Å². The fraction of sp³-hybridized carbons (Fsp3) is 0.600. The topological polar surface area (TPSA) is 18.5 Å². The molecule has 19 heavy (non-hydrogen) atoms. The highest BCUT2D eigenvalue weighted by atomic mass is 19.2. The van der Waals surface area contributed by atoms with E-state index in [1.54, 1.807) is 30.3 Å². The standard InChI is InChI=1S/C15H18F2O2/c16-13(12-4-2-1-3-5-12)14(17)6-8-15(9-7-14)18-10-11-19-15/h1-5,13H,6-11H2. The highest BCUT2D eigenvalue weighted by Gasteiger charge is 2.50. The maximum absolute atomic E-state index is 14.8. The molecule has 0 amide bonds.